The third-order valence-electron chi connectivity index (χ3n) is 6.96. The number of nitrogens with zero attached hydrogens (tertiary/aromatic N) is 5. The standard InChI is InChI=1S/C26H31FN6/c1-17-9-13-33(14-10-17)26-30-16-23(19-3-5-21(27)6-4-19)24(32-26)22-15-29-25(31-18(22)2)20-7-11-28-12-8-20/h3-6,15-17,20,28H,7-14H2,1-2H3. The number of aryl methyl sites for hydroxylation is 1. The fourth-order valence-corrected chi connectivity index (χ4v) is 4.77. The summed E-state index contributed by atoms with van der Waals surface area (Å²) in [5.41, 5.74) is 4.37. The maximum Gasteiger partial charge on any atom is 0.225 e. The molecule has 0 aliphatic carbocycles. The van der Waals surface area contributed by atoms with Gasteiger partial charge in [-0.1, -0.05) is 19.1 Å². The van der Waals surface area contributed by atoms with Gasteiger partial charge in [-0.05, 0) is 69.3 Å². The number of hydrogen-bond donors (Lipinski definition) is 1. The lowest BCUT2D eigenvalue weighted by atomic mass is 9.96. The van der Waals surface area contributed by atoms with Gasteiger partial charge in [0, 0.05) is 42.5 Å². The summed E-state index contributed by atoms with van der Waals surface area (Å²) in [6.07, 6.45) is 8.19. The van der Waals surface area contributed by atoms with E-state index in [9.17, 15) is 4.39 Å². The van der Waals surface area contributed by atoms with Crippen LogP contribution in [0, 0.1) is 18.7 Å². The smallest absolute Gasteiger partial charge is 0.225 e. The lowest BCUT2D eigenvalue weighted by Crippen LogP contribution is -2.34. The lowest BCUT2D eigenvalue weighted by molar-refractivity contribution is 0.434. The number of rotatable bonds is 4. The highest BCUT2D eigenvalue weighted by Crippen LogP contribution is 2.34. The summed E-state index contributed by atoms with van der Waals surface area (Å²) in [6.45, 7) is 8.26. The zero-order valence-electron chi connectivity index (χ0n) is 19.4. The first-order valence-electron chi connectivity index (χ1n) is 12.0. The Morgan fingerprint density at radius 2 is 1.61 bits per heavy atom. The van der Waals surface area contributed by atoms with Crippen LogP contribution in [0.5, 0.6) is 0 Å². The maximum atomic E-state index is 13.6. The molecule has 172 valence electrons. The van der Waals surface area contributed by atoms with E-state index in [1.165, 1.54) is 12.1 Å². The van der Waals surface area contributed by atoms with Crippen molar-refractivity contribution in [3.63, 3.8) is 0 Å². The summed E-state index contributed by atoms with van der Waals surface area (Å²) < 4.78 is 13.6. The van der Waals surface area contributed by atoms with E-state index in [4.69, 9.17) is 19.9 Å². The van der Waals surface area contributed by atoms with Gasteiger partial charge in [0.2, 0.25) is 5.95 Å². The molecule has 6 nitrogen and oxygen atoms in total. The Balaban J connectivity index is 1.55. The molecule has 4 heterocycles. The highest BCUT2D eigenvalue weighted by molar-refractivity contribution is 5.81. The van der Waals surface area contributed by atoms with Crippen molar-refractivity contribution in [3.05, 3.63) is 54.0 Å². The fraction of sp³-hybridized carbons (Fsp3) is 0.462. The van der Waals surface area contributed by atoms with Gasteiger partial charge in [0.25, 0.3) is 0 Å². The van der Waals surface area contributed by atoms with Crippen molar-refractivity contribution >= 4 is 5.95 Å². The predicted octanol–water partition coefficient (Wildman–Crippen LogP) is 4.75. The van der Waals surface area contributed by atoms with Gasteiger partial charge < -0.3 is 10.2 Å². The van der Waals surface area contributed by atoms with Crippen LogP contribution in [-0.4, -0.2) is 46.1 Å². The Morgan fingerprint density at radius 3 is 2.30 bits per heavy atom. The molecule has 0 radical (unpaired) electrons. The normalized spacial score (nSPS) is 18.0. The predicted molar refractivity (Wildman–Crippen MR) is 129 cm³/mol. The van der Waals surface area contributed by atoms with E-state index < -0.39 is 0 Å². The molecule has 0 atom stereocenters. The summed E-state index contributed by atoms with van der Waals surface area (Å²) >= 11 is 0. The van der Waals surface area contributed by atoms with E-state index in [0.717, 1.165) is 97.6 Å². The van der Waals surface area contributed by atoms with Crippen molar-refractivity contribution in [2.24, 2.45) is 5.92 Å². The highest BCUT2D eigenvalue weighted by atomic mass is 19.1. The minimum atomic E-state index is -0.258. The molecule has 0 spiro atoms. The van der Waals surface area contributed by atoms with Crippen molar-refractivity contribution in [3.8, 4) is 22.4 Å². The number of aromatic nitrogens is 4. The van der Waals surface area contributed by atoms with Gasteiger partial charge in [0.15, 0.2) is 0 Å². The lowest BCUT2D eigenvalue weighted by Gasteiger charge is -2.30. The van der Waals surface area contributed by atoms with E-state index in [-0.39, 0.29) is 5.82 Å². The van der Waals surface area contributed by atoms with Crippen LogP contribution >= 0.6 is 0 Å². The quantitative estimate of drug-likeness (QED) is 0.624. The van der Waals surface area contributed by atoms with Gasteiger partial charge in [-0.25, -0.2) is 24.3 Å². The topological polar surface area (TPSA) is 66.8 Å². The van der Waals surface area contributed by atoms with Crippen LogP contribution < -0.4 is 10.2 Å². The van der Waals surface area contributed by atoms with Crippen LogP contribution in [0.1, 0.15) is 50.0 Å². The first-order valence-corrected chi connectivity index (χ1v) is 12.0. The van der Waals surface area contributed by atoms with Crippen LogP contribution in [0.25, 0.3) is 22.4 Å². The van der Waals surface area contributed by atoms with Gasteiger partial charge in [0.05, 0.1) is 11.4 Å². The average Bonchev–Trinajstić information content (AvgIpc) is 2.85. The molecule has 2 fully saturated rings. The van der Waals surface area contributed by atoms with Crippen molar-refractivity contribution in [1.82, 2.24) is 25.3 Å². The second kappa shape index (κ2) is 9.51. The average molecular weight is 447 g/mol. The Bertz CT molecular complexity index is 1100. The number of benzene rings is 1. The van der Waals surface area contributed by atoms with E-state index in [1.54, 1.807) is 12.1 Å². The van der Waals surface area contributed by atoms with Gasteiger partial charge in [-0.3, -0.25) is 0 Å². The molecule has 1 aromatic carbocycles. The zero-order chi connectivity index (χ0) is 22.8. The molecule has 7 heteroatoms. The fourth-order valence-electron chi connectivity index (χ4n) is 4.77. The molecule has 1 N–H and O–H groups in total. The number of piperidine rings is 2. The molecule has 2 saturated heterocycles. The summed E-state index contributed by atoms with van der Waals surface area (Å²) in [5, 5.41) is 3.40. The summed E-state index contributed by atoms with van der Waals surface area (Å²) in [5.74, 6) is 2.53. The number of nitrogens with one attached hydrogen (secondary N) is 1. The molecular weight excluding hydrogens is 415 g/mol. The monoisotopic (exact) mass is 446 g/mol. The number of hydrogen-bond acceptors (Lipinski definition) is 6. The first kappa shape index (κ1) is 21.9. The van der Waals surface area contributed by atoms with Crippen LogP contribution in [0.15, 0.2) is 36.7 Å². The molecule has 0 unspecified atom stereocenters. The SMILES string of the molecule is Cc1nc(C2CCNCC2)ncc1-c1nc(N2CCC(C)CC2)ncc1-c1ccc(F)cc1. The Labute approximate surface area is 194 Å². The summed E-state index contributed by atoms with van der Waals surface area (Å²) in [7, 11) is 0. The van der Waals surface area contributed by atoms with Crippen LogP contribution in [0.4, 0.5) is 10.3 Å². The number of anilines is 1. The third-order valence-corrected chi connectivity index (χ3v) is 6.96. The summed E-state index contributed by atoms with van der Waals surface area (Å²) in [4.78, 5) is 21.7. The van der Waals surface area contributed by atoms with E-state index in [2.05, 4.69) is 17.1 Å². The molecule has 2 aliphatic heterocycles. The minimum Gasteiger partial charge on any atom is -0.341 e. The van der Waals surface area contributed by atoms with E-state index >= 15 is 0 Å². The zero-order valence-corrected chi connectivity index (χ0v) is 19.4. The van der Waals surface area contributed by atoms with Crippen molar-refractivity contribution in [2.45, 2.75) is 45.4 Å². The number of halogens is 1. The largest absolute Gasteiger partial charge is 0.341 e. The molecule has 33 heavy (non-hydrogen) atoms. The van der Waals surface area contributed by atoms with E-state index in [1.807, 2.05) is 19.3 Å². The van der Waals surface area contributed by atoms with Crippen LogP contribution in [0.3, 0.4) is 0 Å². The van der Waals surface area contributed by atoms with Gasteiger partial charge in [-0.15, -0.1) is 0 Å². The molecule has 2 aliphatic rings. The van der Waals surface area contributed by atoms with Gasteiger partial charge in [0.1, 0.15) is 11.6 Å². The van der Waals surface area contributed by atoms with Crippen molar-refractivity contribution in [2.75, 3.05) is 31.1 Å². The molecule has 3 aromatic rings. The van der Waals surface area contributed by atoms with Crippen molar-refractivity contribution < 1.29 is 4.39 Å². The third kappa shape index (κ3) is 4.74. The van der Waals surface area contributed by atoms with Gasteiger partial charge in [-0.2, -0.15) is 0 Å². The molecule has 2 aromatic heterocycles. The van der Waals surface area contributed by atoms with E-state index in [0.29, 0.717) is 5.92 Å². The van der Waals surface area contributed by atoms with Crippen LogP contribution in [-0.2, 0) is 0 Å². The Hall–Kier alpha value is -2.93. The molecule has 0 saturated carbocycles. The Morgan fingerprint density at radius 1 is 0.909 bits per heavy atom. The second-order valence-electron chi connectivity index (χ2n) is 9.36. The minimum absolute atomic E-state index is 0.258. The highest BCUT2D eigenvalue weighted by Gasteiger charge is 2.23. The van der Waals surface area contributed by atoms with Gasteiger partial charge >= 0.3 is 0 Å². The van der Waals surface area contributed by atoms with Crippen LogP contribution in [0.2, 0.25) is 0 Å². The van der Waals surface area contributed by atoms with Crippen molar-refractivity contribution in [1.29, 1.82) is 0 Å². The maximum absolute atomic E-state index is 13.6. The Kier molecular flexibility index (Phi) is 6.31. The molecular formula is C26H31FN6. The second-order valence-corrected chi connectivity index (χ2v) is 9.36. The first-order chi connectivity index (χ1) is 16.1. The summed E-state index contributed by atoms with van der Waals surface area (Å²) in [6, 6.07) is 6.50. The molecule has 0 bridgehead atoms. The molecule has 5 rings (SSSR count). The molecule has 0 amide bonds.